The van der Waals surface area contributed by atoms with E-state index in [1.165, 1.54) is 29.1 Å². The second kappa shape index (κ2) is 7.41. The highest BCUT2D eigenvalue weighted by atomic mass is 19.4. The highest BCUT2D eigenvalue weighted by Crippen LogP contribution is 2.34. The average Bonchev–Trinajstić information content (AvgIpc) is 3.29. The van der Waals surface area contributed by atoms with Crippen molar-refractivity contribution in [2.24, 2.45) is 5.73 Å². The van der Waals surface area contributed by atoms with Crippen molar-refractivity contribution in [2.75, 3.05) is 5.32 Å². The Bertz CT molecular complexity index is 1050. The van der Waals surface area contributed by atoms with E-state index in [-0.39, 0.29) is 11.4 Å². The van der Waals surface area contributed by atoms with Gasteiger partial charge in [-0.15, -0.1) is 0 Å². The van der Waals surface area contributed by atoms with Gasteiger partial charge in [0.15, 0.2) is 5.69 Å². The number of halogens is 3. The quantitative estimate of drug-likeness (QED) is 0.679. The van der Waals surface area contributed by atoms with Crippen LogP contribution in [0.3, 0.4) is 0 Å². The van der Waals surface area contributed by atoms with Crippen LogP contribution in [0.4, 0.5) is 18.9 Å². The van der Waals surface area contributed by atoms with Crippen LogP contribution in [0.5, 0.6) is 0 Å². The molecule has 1 aromatic carbocycles. The van der Waals surface area contributed by atoms with Crippen molar-refractivity contribution in [1.82, 2.24) is 19.6 Å². The molecular weight excluding hydrogens is 389 g/mol. The number of rotatable bonds is 5. The summed E-state index contributed by atoms with van der Waals surface area (Å²) in [5.74, 6) is -1.60. The molecule has 0 saturated carbocycles. The van der Waals surface area contributed by atoms with Crippen LogP contribution in [-0.2, 0) is 6.18 Å². The van der Waals surface area contributed by atoms with Crippen LogP contribution in [0.15, 0.2) is 42.7 Å². The van der Waals surface area contributed by atoms with Crippen LogP contribution in [0.1, 0.15) is 46.4 Å². The van der Waals surface area contributed by atoms with Gasteiger partial charge >= 0.3 is 6.18 Å². The molecule has 152 valence electrons. The lowest BCUT2D eigenvalue weighted by Gasteiger charge is -2.15. The number of hydrogen-bond acceptors (Lipinski definition) is 4. The van der Waals surface area contributed by atoms with Crippen LogP contribution >= 0.6 is 0 Å². The Morgan fingerprint density at radius 3 is 2.31 bits per heavy atom. The summed E-state index contributed by atoms with van der Waals surface area (Å²) in [6.07, 6.45) is -2.29. The van der Waals surface area contributed by atoms with Crippen LogP contribution in [0.2, 0.25) is 0 Å². The lowest BCUT2D eigenvalue weighted by molar-refractivity contribution is -0.145. The molecular formula is C18H17F3N6O2. The first-order valence-electron chi connectivity index (χ1n) is 8.50. The van der Waals surface area contributed by atoms with E-state index in [1.54, 1.807) is 26.0 Å². The number of hydrogen-bond donors (Lipinski definition) is 2. The largest absolute Gasteiger partial charge is 0.433 e. The van der Waals surface area contributed by atoms with Crippen molar-refractivity contribution >= 4 is 17.5 Å². The molecule has 0 fully saturated rings. The minimum absolute atomic E-state index is 0.0872. The molecule has 3 aromatic rings. The number of benzene rings is 1. The molecule has 0 unspecified atom stereocenters. The van der Waals surface area contributed by atoms with Crippen molar-refractivity contribution in [3.8, 4) is 5.69 Å². The van der Waals surface area contributed by atoms with Crippen molar-refractivity contribution in [3.63, 3.8) is 0 Å². The third-order valence-electron chi connectivity index (χ3n) is 4.03. The summed E-state index contributed by atoms with van der Waals surface area (Å²) in [6.45, 7) is 3.09. The van der Waals surface area contributed by atoms with Gasteiger partial charge in [0.25, 0.3) is 11.8 Å². The molecule has 0 bridgehead atoms. The summed E-state index contributed by atoms with van der Waals surface area (Å²) in [5.41, 5.74) is 4.43. The van der Waals surface area contributed by atoms with Crippen LogP contribution < -0.4 is 11.1 Å². The lowest BCUT2D eigenvalue weighted by atomic mass is 10.2. The Balaban J connectivity index is 1.82. The molecule has 3 N–H and O–H groups in total. The maximum absolute atomic E-state index is 13.4. The van der Waals surface area contributed by atoms with Gasteiger partial charge in [0.05, 0.1) is 17.4 Å². The van der Waals surface area contributed by atoms with E-state index in [4.69, 9.17) is 5.73 Å². The van der Waals surface area contributed by atoms with E-state index < -0.39 is 35.3 Å². The zero-order chi connectivity index (χ0) is 21.3. The van der Waals surface area contributed by atoms with Gasteiger partial charge in [-0.1, -0.05) is 0 Å². The zero-order valence-corrected chi connectivity index (χ0v) is 15.4. The molecule has 2 aromatic heterocycles. The Hall–Kier alpha value is -3.63. The Morgan fingerprint density at radius 2 is 1.79 bits per heavy atom. The van der Waals surface area contributed by atoms with Gasteiger partial charge < -0.3 is 11.1 Å². The molecule has 0 saturated heterocycles. The zero-order valence-electron chi connectivity index (χ0n) is 15.4. The third kappa shape index (κ3) is 4.13. The summed E-state index contributed by atoms with van der Waals surface area (Å²) in [5, 5.41) is 10.1. The topological polar surface area (TPSA) is 108 Å². The van der Waals surface area contributed by atoms with Gasteiger partial charge in [-0.05, 0) is 44.2 Å². The standard InChI is InChI=1S/C18H17F3N6O2/c1-10(2)27-15(18(19,20)21)13(9-23-27)17(29)24-11-3-5-12(6-4-11)26-8-7-14(25-26)16(22)28/h3-10H,1-2H3,(H2,22,28)(H,24,29). The van der Waals surface area contributed by atoms with Gasteiger partial charge in [-0.3, -0.25) is 14.3 Å². The molecule has 0 spiro atoms. The normalized spacial score (nSPS) is 11.7. The fourth-order valence-electron chi connectivity index (χ4n) is 2.70. The maximum atomic E-state index is 13.4. The van der Waals surface area contributed by atoms with Gasteiger partial charge in [0, 0.05) is 17.9 Å². The van der Waals surface area contributed by atoms with E-state index in [9.17, 15) is 22.8 Å². The number of primary amides is 1. The summed E-state index contributed by atoms with van der Waals surface area (Å²) in [4.78, 5) is 23.5. The second-order valence-corrected chi connectivity index (χ2v) is 6.45. The molecule has 0 aliphatic heterocycles. The molecule has 2 amide bonds. The summed E-state index contributed by atoms with van der Waals surface area (Å²) in [7, 11) is 0. The first kappa shape index (κ1) is 20.1. The van der Waals surface area contributed by atoms with Gasteiger partial charge in [-0.25, -0.2) is 4.68 Å². The minimum Gasteiger partial charge on any atom is -0.364 e. The summed E-state index contributed by atoms with van der Waals surface area (Å²) in [6, 6.07) is 7.04. The Kier molecular flexibility index (Phi) is 5.14. The van der Waals surface area contributed by atoms with Gasteiger partial charge in [-0.2, -0.15) is 23.4 Å². The second-order valence-electron chi connectivity index (χ2n) is 6.45. The molecule has 0 aliphatic rings. The molecule has 8 nitrogen and oxygen atoms in total. The van der Waals surface area contributed by atoms with E-state index in [0.29, 0.717) is 5.69 Å². The summed E-state index contributed by atoms with van der Waals surface area (Å²) >= 11 is 0. The highest BCUT2D eigenvalue weighted by Gasteiger charge is 2.40. The monoisotopic (exact) mass is 406 g/mol. The fourth-order valence-corrected chi connectivity index (χ4v) is 2.70. The minimum atomic E-state index is -4.73. The molecule has 2 heterocycles. The van der Waals surface area contributed by atoms with E-state index in [1.807, 2.05) is 0 Å². The summed E-state index contributed by atoms with van der Waals surface area (Å²) < 4.78 is 42.4. The lowest BCUT2D eigenvalue weighted by Crippen LogP contribution is -2.22. The average molecular weight is 406 g/mol. The molecule has 0 radical (unpaired) electrons. The van der Waals surface area contributed by atoms with Gasteiger partial charge in [0.1, 0.15) is 5.69 Å². The first-order valence-corrected chi connectivity index (χ1v) is 8.50. The van der Waals surface area contributed by atoms with E-state index >= 15 is 0 Å². The number of nitrogens with two attached hydrogens (primary N) is 1. The van der Waals surface area contributed by atoms with Crippen molar-refractivity contribution in [1.29, 1.82) is 0 Å². The molecule has 0 aliphatic carbocycles. The Labute approximate surface area is 163 Å². The molecule has 11 heteroatoms. The van der Waals surface area contributed by atoms with Crippen LogP contribution in [-0.4, -0.2) is 31.4 Å². The Morgan fingerprint density at radius 1 is 1.14 bits per heavy atom. The number of nitrogens with one attached hydrogen (secondary N) is 1. The van der Waals surface area contributed by atoms with E-state index in [0.717, 1.165) is 10.9 Å². The maximum Gasteiger partial charge on any atom is 0.433 e. The number of nitrogens with zero attached hydrogens (tertiary/aromatic N) is 4. The SMILES string of the molecule is CC(C)n1ncc(C(=O)Nc2ccc(-n3ccc(C(N)=O)n3)cc2)c1C(F)(F)F. The number of aromatic nitrogens is 4. The van der Waals surface area contributed by atoms with Crippen molar-refractivity contribution in [2.45, 2.75) is 26.1 Å². The predicted octanol–water partition coefficient (Wildman–Crippen LogP) is 3.02. The number of carbonyl (C=O) groups excluding carboxylic acids is 2. The smallest absolute Gasteiger partial charge is 0.364 e. The van der Waals surface area contributed by atoms with E-state index in [2.05, 4.69) is 15.5 Å². The van der Waals surface area contributed by atoms with Crippen LogP contribution in [0, 0.1) is 0 Å². The molecule has 0 atom stereocenters. The number of carbonyl (C=O) groups is 2. The third-order valence-corrected chi connectivity index (χ3v) is 4.03. The van der Waals surface area contributed by atoms with Crippen LogP contribution in [0.25, 0.3) is 5.69 Å². The van der Waals surface area contributed by atoms with Crippen molar-refractivity contribution < 1.29 is 22.8 Å². The molecule has 29 heavy (non-hydrogen) atoms. The number of amides is 2. The first-order chi connectivity index (χ1) is 13.6. The molecule has 3 rings (SSSR count). The fraction of sp³-hybridized carbons (Fsp3) is 0.222. The number of anilines is 1. The van der Waals surface area contributed by atoms with Crippen molar-refractivity contribution in [3.05, 3.63) is 59.7 Å². The highest BCUT2D eigenvalue weighted by molar-refractivity contribution is 6.05. The predicted molar refractivity (Wildman–Crippen MR) is 97.6 cm³/mol. The number of alkyl halides is 3. The van der Waals surface area contributed by atoms with Gasteiger partial charge in [0.2, 0.25) is 0 Å².